The second-order valence-corrected chi connectivity index (χ2v) is 7.83. The predicted octanol–water partition coefficient (Wildman–Crippen LogP) is 3.00. The number of anilines is 1. The fraction of sp³-hybridized carbons (Fsp3) is 0.353. The lowest BCUT2D eigenvalue weighted by atomic mass is 10.0. The van der Waals surface area contributed by atoms with Crippen molar-refractivity contribution in [3.8, 4) is 11.3 Å². The third kappa shape index (κ3) is 2.90. The Hall–Kier alpha value is -2.03. The van der Waals surface area contributed by atoms with Crippen LogP contribution in [0.1, 0.15) is 20.2 Å². The quantitative estimate of drug-likeness (QED) is 0.689. The maximum atomic E-state index is 12.9. The number of aromatic nitrogens is 3. The zero-order valence-corrected chi connectivity index (χ0v) is 15.7. The molecule has 4 rings (SSSR count). The minimum Gasteiger partial charge on any atom is -0.383 e. The number of amides is 1. The summed E-state index contributed by atoms with van der Waals surface area (Å²) in [4.78, 5) is 21.4. The Balaban J connectivity index is 1.72. The second-order valence-electron chi connectivity index (χ2n) is 5.82. The topological polar surface area (TPSA) is 60.2 Å². The van der Waals surface area contributed by atoms with E-state index in [1.165, 1.54) is 21.9 Å². The van der Waals surface area contributed by atoms with Gasteiger partial charge in [0.15, 0.2) is 5.13 Å². The summed E-state index contributed by atoms with van der Waals surface area (Å²) in [7, 11) is 3.60. The van der Waals surface area contributed by atoms with E-state index in [1.807, 2.05) is 35.4 Å². The normalized spacial score (nSPS) is 12.7. The SMILES string of the molecule is COCCN(C(=O)c1cccs1)c1nc2c(s1)CCc1c-2cnn1C. The molecular formula is C17H18N4O2S2. The first-order chi connectivity index (χ1) is 12.2. The standard InChI is InChI=1S/C17H18N4O2S2/c1-20-12-5-6-13-15(11(12)10-18-20)19-17(25-13)21(7-8-23-2)16(22)14-4-3-9-24-14/h3-4,9-10H,5-8H2,1-2H3. The molecule has 0 unspecified atom stereocenters. The summed E-state index contributed by atoms with van der Waals surface area (Å²) < 4.78 is 7.11. The Morgan fingerprint density at radius 2 is 2.32 bits per heavy atom. The summed E-state index contributed by atoms with van der Waals surface area (Å²) in [5.74, 6) is -0.0236. The van der Waals surface area contributed by atoms with Crippen molar-refractivity contribution in [3.63, 3.8) is 0 Å². The molecule has 3 aromatic rings. The highest BCUT2D eigenvalue weighted by molar-refractivity contribution is 7.16. The Kier molecular flexibility index (Phi) is 4.41. The van der Waals surface area contributed by atoms with Gasteiger partial charge in [0.05, 0.1) is 29.9 Å². The van der Waals surface area contributed by atoms with Crippen molar-refractivity contribution in [1.82, 2.24) is 14.8 Å². The number of nitrogens with zero attached hydrogens (tertiary/aromatic N) is 4. The van der Waals surface area contributed by atoms with Gasteiger partial charge in [-0.2, -0.15) is 5.10 Å². The van der Waals surface area contributed by atoms with Crippen LogP contribution < -0.4 is 4.90 Å². The number of hydrogen-bond donors (Lipinski definition) is 0. The molecule has 25 heavy (non-hydrogen) atoms. The zero-order valence-electron chi connectivity index (χ0n) is 14.1. The first-order valence-electron chi connectivity index (χ1n) is 8.04. The molecule has 3 aromatic heterocycles. The molecule has 0 spiro atoms. The molecule has 3 heterocycles. The summed E-state index contributed by atoms with van der Waals surface area (Å²) in [5.41, 5.74) is 3.26. The lowest BCUT2D eigenvalue weighted by Gasteiger charge is -2.18. The van der Waals surface area contributed by atoms with Gasteiger partial charge in [-0.1, -0.05) is 6.07 Å². The summed E-state index contributed by atoms with van der Waals surface area (Å²) >= 11 is 3.04. The smallest absolute Gasteiger partial charge is 0.270 e. The third-order valence-corrected chi connectivity index (χ3v) is 6.31. The molecule has 1 amide bonds. The van der Waals surface area contributed by atoms with Gasteiger partial charge >= 0.3 is 0 Å². The van der Waals surface area contributed by atoms with Crippen molar-refractivity contribution >= 4 is 33.7 Å². The number of aryl methyl sites for hydroxylation is 2. The van der Waals surface area contributed by atoms with Crippen molar-refractivity contribution in [2.75, 3.05) is 25.2 Å². The van der Waals surface area contributed by atoms with Crippen LogP contribution in [0.15, 0.2) is 23.7 Å². The predicted molar refractivity (Wildman–Crippen MR) is 99.6 cm³/mol. The van der Waals surface area contributed by atoms with Crippen LogP contribution in [0.5, 0.6) is 0 Å². The number of thiophene rings is 1. The minimum atomic E-state index is -0.0236. The molecule has 0 saturated heterocycles. The van der Waals surface area contributed by atoms with E-state index in [1.54, 1.807) is 23.3 Å². The molecule has 1 aliphatic rings. The van der Waals surface area contributed by atoms with Gasteiger partial charge in [0.2, 0.25) is 0 Å². The summed E-state index contributed by atoms with van der Waals surface area (Å²) in [6.45, 7) is 0.957. The number of carbonyl (C=O) groups excluding carboxylic acids is 1. The Morgan fingerprint density at radius 3 is 3.08 bits per heavy atom. The lowest BCUT2D eigenvalue weighted by Crippen LogP contribution is -2.33. The maximum Gasteiger partial charge on any atom is 0.270 e. The van der Waals surface area contributed by atoms with E-state index in [0.29, 0.717) is 18.0 Å². The van der Waals surface area contributed by atoms with Crippen molar-refractivity contribution in [2.45, 2.75) is 12.8 Å². The van der Waals surface area contributed by atoms with E-state index in [-0.39, 0.29) is 5.91 Å². The fourth-order valence-corrected chi connectivity index (χ4v) is 4.79. The highest BCUT2D eigenvalue weighted by atomic mass is 32.1. The number of hydrogen-bond acceptors (Lipinski definition) is 6. The first kappa shape index (κ1) is 16.4. The molecule has 0 aliphatic heterocycles. The van der Waals surface area contributed by atoms with Crippen LogP contribution in [-0.4, -0.2) is 40.9 Å². The van der Waals surface area contributed by atoms with Crippen molar-refractivity contribution < 1.29 is 9.53 Å². The first-order valence-corrected chi connectivity index (χ1v) is 9.74. The van der Waals surface area contributed by atoms with Crippen molar-refractivity contribution in [1.29, 1.82) is 0 Å². The summed E-state index contributed by atoms with van der Waals surface area (Å²) in [5, 5.41) is 7.01. The highest BCUT2D eigenvalue weighted by Crippen LogP contribution is 2.39. The van der Waals surface area contributed by atoms with E-state index in [9.17, 15) is 4.79 Å². The van der Waals surface area contributed by atoms with E-state index >= 15 is 0 Å². The lowest BCUT2D eigenvalue weighted by molar-refractivity contribution is 0.0980. The fourth-order valence-electron chi connectivity index (χ4n) is 3.02. The number of methoxy groups -OCH3 is 1. The molecule has 0 aromatic carbocycles. The highest BCUT2D eigenvalue weighted by Gasteiger charge is 2.28. The molecule has 0 radical (unpaired) electrons. The van der Waals surface area contributed by atoms with Crippen LogP contribution >= 0.6 is 22.7 Å². The molecule has 6 nitrogen and oxygen atoms in total. The van der Waals surface area contributed by atoms with E-state index in [4.69, 9.17) is 9.72 Å². The van der Waals surface area contributed by atoms with Gasteiger partial charge in [-0.15, -0.1) is 22.7 Å². The van der Waals surface area contributed by atoms with Crippen LogP contribution in [0.25, 0.3) is 11.3 Å². The van der Waals surface area contributed by atoms with Gasteiger partial charge in [0.25, 0.3) is 5.91 Å². The van der Waals surface area contributed by atoms with Gasteiger partial charge in [0.1, 0.15) is 0 Å². The van der Waals surface area contributed by atoms with Gasteiger partial charge in [-0.3, -0.25) is 14.4 Å². The summed E-state index contributed by atoms with van der Waals surface area (Å²) in [6, 6.07) is 3.74. The summed E-state index contributed by atoms with van der Waals surface area (Å²) in [6.07, 6.45) is 3.76. The molecule has 0 fully saturated rings. The Bertz CT molecular complexity index is 898. The van der Waals surface area contributed by atoms with Gasteiger partial charge < -0.3 is 4.74 Å². The average molecular weight is 374 g/mol. The second kappa shape index (κ2) is 6.70. The largest absolute Gasteiger partial charge is 0.383 e. The Labute approximate surface area is 153 Å². The number of fused-ring (bicyclic) bond motifs is 3. The average Bonchev–Trinajstić information content (AvgIpc) is 3.34. The molecule has 0 N–H and O–H groups in total. The Morgan fingerprint density at radius 1 is 1.44 bits per heavy atom. The van der Waals surface area contributed by atoms with Gasteiger partial charge in [0, 0.05) is 30.3 Å². The van der Waals surface area contributed by atoms with E-state index in [0.717, 1.165) is 29.2 Å². The zero-order chi connectivity index (χ0) is 17.4. The van der Waals surface area contributed by atoms with E-state index in [2.05, 4.69) is 5.10 Å². The number of carbonyl (C=O) groups is 1. The number of thiazole rings is 1. The monoisotopic (exact) mass is 374 g/mol. The number of ether oxygens (including phenoxy) is 1. The van der Waals surface area contributed by atoms with E-state index < -0.39 is 0 Å². The maximum absolute atomic E-state index is 12.9. The van der Waals surface area contributed by atoms with Crippen LogP contribution in [0, 0.1) is 0 Å². The van der Waals surface area contributed by atoms with Crippen LogP contribution in [0.3, 0.4) is 0 Å². The van der Waals surface area contributed by atoms with Crippen LogP contribution in [-0.2, 0) is 24.6 Å². The van der Waals surface area contributed by atoms with Crippen LogP contribution in [0.4, 0.5) is 5.13 Å². The third-order valence-electron chi connectivity index (χ3n) is 4.32. The number of rotatable bonds is 5. The molecule has 8 heteroatoms. The van der Waals surface area contributed by atoms with Crippen molar-refractivity contribution in [2.24, 2.45) is 7.05 Å². The molecule has 130 valence electrons. The molecular weight excluding hydrogens is 356 g/mol. The minimum absolute atomic E-state index is 0.0236. The molecule has 0 atom stereocenters. The van der Waals surface area contributed by atoms with Crippen LogP contribution in [0.2, 0.25) is 0 Å². The van der Waals surface area contributed by atoms with Gasteiger partial charge in [-0.05, 0) is 24.3 Å². The molecule has 1 aliphatic carbocycles. The molecule has 0 bridgehead atoms. The molecule has 0 saturated carbocycles. The van der Waals surface area contributed by atoms with Crippen molar-refractivity contribution in [3.05, 3.63) is 39.2 Å². The van der Waals surface area contributed by atoms with Gasteiger partial charge in [-0.25, -0.2) is 4.98 Å².